The monoisotopic (exact) mass is 451 g/mol. The second-order valence-corrected chi connectivity index (χ2v) is 6.47. The molecule has 1 N–H and O–H groups in total. The van der Waals surface area contributed by atoms with Gasteiger partial charge in [0.15, 0.2) is 0 Å². The van der Waals surface area contributed by atoms with E-state index in [4.69, 9.17) is 9.84 Å². The fourth-order valence-corrected chi connectivity index (χ4v) is 2.46. The normalized spacial score (nSPS) is 15.6. The van der Waals surface area contributed by atoms with E-state index in [9.17, 15) is 35.5 Å². The molecule has 0 spiro atoms. The van der Waals surface area contributed by atoms with Crippen molar-refractivity contribution in [1.82, 2.24) is 0 Å². The number of ether oxygens (including phenoxy) is 1. The summed E-state index contributed by atoms with van der Waals surface area (Å²) in [5, 5.41) is 9.07. The maximum absolute atomic E-state index is 12.6. The molecule has 4 nitrogen and oxygen atoms in total. The van der Waals surface area contributed by atoms with E-state index in [1.165, 1.54) is 12.1 Å². The number of carbonyl (C=O) groups excluding carboxylic acids is 1. The van der Waals surface area contributed by atoms with E-state index in [0.717, 1.165) is 12.5 Å². The van der Waals surface area contributed by atoms with Crippen LogP contribution in [0.5, 0.6) is 0 Å². The van der Waals surface area contributed by atoms with E-state index in [1.54, 1.807) is 12.1 Å². The van der Waals surface area contributed by atoms with Gasteiger partial charge in [-0.05, 0) is 48.4 Å². The minimum atomic E-state index is -4.88. The Hall–Kier alpha value is -2.79. The molecule has 0 fully saturated rings. The number of aliphatic hydroxyl groups is 1. The number of amides is 1. The summed E-state index contributed by atoms with van der Waals surface area (Å²) in [7, 11) is 0. The van der Waals surface area contributed by atoms with Gasteiger partial charge in [0.25, 0.3) is 5.91 Å². The molecular weight excluding hydrogens is 435 g/mol. The van der Waals surface area contributed by atoms with Gasteiger partial charge < -0.3 is 9.84 Å². The Morgan fingerprint density at radius 1 is 0.935 bits per heavy atom. The molecule has 1 aliphatic heterocycles. The lowest BCUT2D eigenvalue weighted by atomic mass is 10.0. The van der Waals surface area contributed by atoms with E-state index in [1.807, 2.05) is 0 Å². The number of halogens is 7. The van der Waals surface area contributed by atoms with E-state index in [-0.39, 0.29) is 24.4 Å². The highest BCUT2D eigenvalue weighted by Crippen LogP contribution is 2.37. The van der Waals surface area contributed by atoms with Crippen LogP contribution in [-0.4, -0.2) is 29.9 Å². The van der Waals surface area contributed by atoms with Crippen molar-refractivity contribution in [3.05, 3.63) is 70.5 Å². The molecule has 1 atom stereocenters. The SMILES string of the molecule is C[C@@H](O)c1cc(C(F)(F)F)cc(C(F)(F)F)c1.O=C1COCC(c2ccc(F)cc2)=N1. The maximum atomic E-state index is 12.6. The van der Waals surface area contributed by atoms with E-state index >= 15 is 0 Å². The molecule has 1 amide bonds. The highest BCUT2D eigenvalue weighted by molar-refractivity contribution is 6.08. The van der Waals surface area contributed by atoms with Crippen molar-refractivity contribution in [2.75, 3.05) is 13.2 Å². The Morgan fingerprint density at radius 3 is 1.87 bits per heavy atom. The first-order chi connectivity index (χ1) is 14.3. The molecule has 1 heterocycles. The average molecular weight is 451 g/mol. The van der Waals surface area contributed by atoms with Gasteiger partial charge in [-0.15, -0.1) is 0 Å². The number of carbonyl (C=O) groups is 1. The van der Waals surface area contributed by atoms with Gasteiger partial charge in [-0.1, -0.05) is 12.1 Å². The summed E-state index contributed by atoms with van der Waals surface area (Å²) in [6.45, 7) is 1.43. The molecule has 168 valence electrons. The summed E-state index contributed by atoms with van der Waals surface area (Å²) in [6, 6.07) is 6.84. The molecule has 0 saturated heterocycles. The van der Waals surface area contributed by atoms with Crippen LogP contribution in [0.3, 0.4) is 0 Å². The molecule has 0 radical (unpaired) electrons. The summed E-state index contributed by atoms with van der Waals surface area (Å²) >= 11 is 0. The third-order valence-corrected chi connectivity index (χ3v) is 3.99. The van der Waals surface area contributed by atoms with Gasteiger partial charge in [0.1, 0.15) is 12.4 Å². The summed E-state index contributed by atoms with van der Waals surface area (Å²) in [5.41, 5.74) is -2.00. The van der Waals surface area contributed by atoms with Gasteiger partial charge in [-0.3, -0.25) is 4.79 Å². The Bertz CT molecular complexity index is 916. The van der Waals surface area contributed by atoms with Crippen molar-refractivity contribution in [2.45, 2.75) is 25.4 Å². The summed E-state index contributed by atoms with van der Waals surface area (Å²) in [4.78, 5) is 14.7. The predicted molar refractivity (Wildman–Crippen MR) is 95.8 cm³/mol. The van der Waals surface area contributed by atoms with Crippen LogP contribution >= 0.6 is 0 Å². The molecule has 11 heteroatoms. The standard InChI is InChI=1S/C10H8F6O.C10H8FNO2/c1-5(17)6-2-7(9(11,12)13)4-8(3-6)10(14,15)16;11-8-3-1-7(2-4-8)9-5-14-6-10(13)12-9/h2-5,17H,1H3;1-4H,5-6H2/t5-;/m1./s1. The molecule has 31 heavy (non-hydrogen) atoms. The van der Waals surface area contributed by atoms with Gasteiger partial charge in [0, 0.05) is 0 Å². The Balaban J connectivity index is 0.000000224. The fraction of sp³-hybridized carbons (Fsp3) is 0.300. The molecule has 2 aromatic carbocycles. The molecule has 2 aromatic rings. The van der Waals surface area contributed by atoms with Gasteiger partial charge >= 0.3 is 12.4 Å². The molecule has 0 aliphatic carbocycles. The van der Waals surface area contributed by atoms with Gasteiger partial charge in [-0.2, -0.15) is 26.3 Å². The third-order valence-electron chi connectivity index (χ3n) is 3.99. The quantitative estimate of drug-likeness (QED) is 0.658. The third kappa shape index (κ3) is 7.14. The average Bonchev–Trinajstić information content (AvgIpc) is 2.67. The zero-order chi connectivity index (χ0) is 23.4. The van der Waals surface area contributed by atoms with Crippen LogP contribution in [0, 0.1) is 5.82 Å². The minimum Gasteiger partial charge on any atom is -0.389 e. The molecule has 0 unspecified atom stereocenters. The second kappa shape index (κ2) is 9.56. The predicted octanol–water partition coefficient (Wildman–Crippen LogP) is 4.95. The first-order valence-corrected chi connectivity index (χ1v) is 8.69. The van der Waals surface area contributed by atoms with Gasteiger partial charge in [0.05, 0.1) is 29.5 Å². The molecule has 0 aromatic heterocycles. The number of nitrogens with zero attached hydrogens (tertiary/aromatic N) is 1. The molecule has 0 saturated carbocycles. The van der Waals surface area contributed by atoms with Crippen molar-refractivity contribution in [3.8, 4) is 0 Å². The van der Waals surface area contributed by atoms with Crippen LogP contribution in [0.2, 0.25) is 0 Å². The highest BCUT2D eigenvalue weighted by Gasteiger charge is 2.37. The topological polar surface area (TPSA) is 58.9 Å². The fourth-order valence-electron chi connectivity index (χ4n) is 2.46. The lowest BCUT2D eigenvalue weighted by Gasteiger charge is -2.15. The maximum Gasteiger partial charge on any atom is 0.416 e. The van der Waals surface area contributed by atoms with Crippen LogP contribution < -0.4 is 0 Å². The zero-order valence-corrected chi connectivity index (χ0v) is 15.9. The number of aliphatic hydroxyl groups excluding tert-OH is 1. The van der Waals surface area contributed by atoms with Crippen LogP contribution in [0.1, 0.15) is 35.3 Å². The van der Waals surface area contributed by atoms with E-state index in [2.05, 4.69) is 4.99 Å². The number of aliphatic imine (C=N–C) groups is 1. The largest absolute Gasteiger partial charge is 0.416 e. The smallest absolute Gasteiger partial charge is 0.389 e. The highest BCUT2D eigenvalue weighted by atomic mass is 19.4. The minimum absolute atomic E-state index is 0.0197. The lowest BCUT2D eigenvalue weighted by Crippen LogP contribution is -2.22. The number of hydrogen-bond donors (Lipinski definition) is 1. The van der Waals surface area contributed by atoms with Crippen LogP contribution in [0.15, 0.2) is 47.5 Å². The van der Waals surface area contributed by atoms with Crippen molar-refractivity contribution in [3.63, 3.8) is 0 Å². The van der Waals surface area contributed by atoms with Gasteiger partial charge in [0.2, 0.25) is 0 Å². The molecule has 0 bridgehead atoms. The van der Waals surface area contributed by atoms with E-state index in [0.29, 0.717) is 24.5 Å². The summed E-state index contributed by atoms with van der Waals surface area (Å²) in [5.74, 6) is -0.604. The van der Waals surface area contributed by atoms with Crippen LogP contribution in [-0.2, 0) is 21.9 Å². The zero-order valence-electron chi connectivity index (χ0n) is 15.9. The van der Waals surface area contributed by atoms with Crippen LogP contribution in [0.4, 0.5) is 30.7 Å². The number of rotatable bonds is 2. The summed E-state index contributed by atoms with van der Waals surface area (Å²) < 4.78 is 91.7. The number of hydrogen-bond acceptors (Lipinski definition) is 3. The molecular formula is C20H16F7NO3. The van der Waals surface area contributed by atoms with Crippen molar-refractivity contribution in [2.24, 2.45) is 4.99 Å². The number of alkyl halides is 6. The lowest BCUT2D eigenvalue weighted by molar-refractivity contribution is -0.143. The molecule has 3 rings (SSSR count). The van der Waals surface area contributed by atoms with Crippen molar-refractivity contribution >= 4 is 11.6 Å². The summed E-state index contributed by atoms with van der Waals surface area (Å²) in [6.07, 6.45) is -11.2. The van der Waals surface area contributed by atoms with Gasteiger partial charge in [-0.25, -0.2) is 9.38 Å². The van der Waals surface area contributed by atoms with Crippen molar-refractivity contribution in [1.29, 1.82) is 0 Å². The Kier molecular flexibility index (Phi) is 7.55. The first-order valence-electron chi connectivity index (χ1n) is 8.69. The second-order valence-electron chi connectivity index (χ2n) is 6.47. The molecule has 1 aliphatic rings. The van der Waals surface area contributed by atoms with Crippen molar-refractivity contribution < 1.29 is 45.4 Å². The first kappa shape index (κ1) is 24.5. The number of benzene rings is 2. The van der Waals surface area contributed by atoms with Crippen LogP contribution in [0.25, 0.3) is 0 Å². The van der Waals surface area contributed by atoms with E-state index < -0.39 is 35.1 Å². The Labute approximate surface area is 172 Å². The Morgan fingerprint density at radius 2 is 1.45 bits per heavy atom.